The number of hydrogen-bond donors (Lipinski definition) is 0. The van der Waals surface area contributed by atoms with E-state index in [1.807, 2.05) is 7.05 Å². The van der Waals surface area contributed by atoms with E-state index >= 15 is 0 Å². The Labute approximate surface area is 80.6 Å². The molecule has 1 aliphatic rings. The van der Waals surface area contributed by atoms with Gasteiger partial charge in [0.05, 0.1) is 0 Å². The second kappa shape index (κ2) is 3.17. The fourth-order valence-electron chi connectivity index (χ4n) is 1.81. The van der Waals surface area contributed by atoms with Crippen LogP contribution in [0.2, 0.25) is 0 Å². The minimum absolute atomic E-state index is 0.132. The molecule has 1 rings (SSSR count). The van der Waals surface area contributed by atoms with Crippen molar-refractivity contribution in [1.82, 2.24) is 4.90 Å². The molecule has 0 spiro atoms. The van der Waals surface area contributed by atoms with Crippen LogP contribution in [0.5, 0.6) is 0 Å². The van der Waals surface area contributed by atoms with Gasteiger partial charge in [0.25, 0.3) is 0 Å². The van der Waals surface area contributed by atoms with E-state index in [1.54, 1.807) is 11.8 Å². The van der Waals surface area contributed by atoms with E-state index < -0.39 is 0 Å². The minimum atomic E-state index is 0.132. The van der Waals surface area contributed by atoms with Gasteiger partial charge in [0, 0.05) is 19.7 Å². The van der Waals surface area contributed by atoms with Crippen molar-refractivity contribution in [3.05, 3.63) is 11.3 Å². The lowest BCUT2D eigenvalue weighted by Gasteiger charge is -2.21. The van der Waals surface area contributed by atoms with Crippen LogP contribution in [0.15, 0.2) is 11.3 Å². The maximum Gasteiger partial charge on any atom is 0.223 e. The number of allylic oxidation sites excluding steroid dienone is 2. The summed E-state index contributed by atoms with van der Waals surface area (Å²) in [4.78, 5) is 13.0. The van der Waals surface area contributed by atoms with E-state index in [0.29, 0.717) is 0 Å². The quantitative estimate of drug-likeness (QED) is 0.609. The first kappa shape index (κ1) is 10.3. The molecule has 0 heterocycles. The SMILES string of the molecule is CC(=O)N(C)C1=C(C)C(C)(C)CC1. The molecule has 0 N–H and O–H groups in total. The van der Waals surface area contributed by atoms with Crippen LogP contribution in [0, 0.1) is 5.41 Å². The van der Waals surface area contributed by atoms with Crippen LogP contribution in [0.25, 0.3) is 0 Å². The predicted molar refractivity (Wildman–Crippen MR) is 54.2 cm³/mol. The zero-order chi connectivity index (χ0) is 10.2. The van der Waals surface area contributed by atoms with Crippen molar-refractivity contribution < 1.29 is 4.79 Å². The highest BCUT2D eigenvalue weighted by molar-refractivity contribution is 5.75. The van der Waals surface area contributed by atoms with Gasteiger partial charge in [-0.25, -0.2) is 0 Å². The van der Waals surface area contributed by atoms with Gasteiger partial charge in [0.15, 0.2) is 0 Å². The van der Waals surface area contributed by atoms with E-state index in [2.05, 4.69) is 20.8 Å². The van der Waals surface area contributed by atoms with Crippen molar-refractivity contribution in [3.63, 3.8) is 0 Å². The summed E-state index contributed by atoms with van der Waals surface area (Å²) in [6.07, 6.45) is 2.20. The minimum Gasteiger partial charge on any atom is -0.320 e. The van der Waals surface area contributed by atoms with Crippen LogP contribution in [0.4, 0.5) is 0 Å². The summed E-state index contributed by atoms with van der Waals surface area (Å²) >= 11 is 0. The average molecular weight is 181 g/mol. The molecule has 0 saturated heterocycles. The van der Waals surface area contributed by atoms with E-state index in [0.717, 1.165) is 12.8 Å². The number of carbonyl (C=O) groups excluding carboxylic acids is 1. The van der Waals surface area contributed by atoms with Gasteiger partial charge in [-0.05, 0) is 30.8 Å². The lowest BCUT2D eigenvalue weighted by atomic mass is 9.87. The Morgan fingerprint density at radius 2 is 2.00 bits per heavy atom. The molecule has 0 bridgehead atoms. The molecular formula is C11H19NO. The zero-order valence-corrected chi connectivity index (χ0v) is 9.27. The van der Waals surface area contributed by atoms with Crippen LogP contribution >= 0.6 is 0 Å². The summed E-state index contributed by atoms with van der Waals surface area (Å²) in [7, 11) is 1.86. The maximum absolute atomic E-state index is 11.2. The smallest absolute Gasteiger partial charge is 0.223 e. The first-order chi connectivity index (χ1) is 5.86. The van der Waals surface area contributed by atoms with Crippen LogP contribution in [0.1, 0.15) is 40.5 Å². The molecule has 0 atom stereocenters. The second-order valence-electron chi connectivity index (χ2n) is 4.53. The van der Waals surface area contributed by atoms with Gasteiger partial charge in [0.2, 0.25) is 5.91 Å². The molecule has 2 nitrogen and oxygen atoms in total. The largest absolute Gasteiger partial charge is 0.320 e. The van der Waals surface area contributed by atoms with E-state index in [-0.39, 0.29) is 11.3 Å². The molecule has 0 radical (unpaired) electrons. The standard InChI is InChI=1S/C11H19NO/c1-8-10(12(5)9(2)13)6-7-11(8,3)4/h6-7H2,1-5H3. The van der Waals surface area contributed by atoms with Gasteiger partial charge in [-0.3, -0.25) is 4.79 Å². The molecule has 0 unspecified atom stereocenters. The van der Waals surface area contributed by atoms with Crippen molar-refractivity contribution in [1.29, 1.82) is 0 Å². The summed E-state index contributed by atoms with van der Waals surface area (Å²) in [5.41, 5.74) is 2.86. The maximum atomic E-state index is 11.2. The summed E-state index contributed by atoms with van der Waals surface area (Å²) in [5, 5.41) is 0. The average Bonchev–Trinajstić information content (AvgIpc) is 2.27. The number of amides is 1. The molecule has 0 saturated carbocycles. The van der Waals surface area contributed by atoms with Crippen molar-refractivity contribution in [3.8, 4) is 0 Å². The summed E-state index contributed by atoms with van der Waals surface area (Å²) in [6.45, 7) is 8.24. The number of hydrogen-bond acceptors (Lipinski definition) is 1. The normalized spacial score (nSPS) is 20.7. The highest BCUT2D eigenvalue weighted by Gasteiger charge is 2.31. The fraction of sp³-hybridized carbons (Fsp3) is 0.727. The van der Waals surface area contributed by atoms with E-state index in [9.17, 15) is 4.79 Å². The molecule has 13 heavy (non-hydrogen) atoms. The molecule has 0 fully saturated rings. The van der Waals surface area contributed by atoms with Gasteiger partial charge < -0.3 is 4.90 Å². The van der Waals surface area contributed by atoms with Gasteiger partial charge in [-0.2, -0.15) is 0 Å². The Morgan fingerprint density at radius 1 is 1.46 bits per heavy atom. The Kier molecular flexibility index (Phi) is 2.51. The lowest BCUT2D eigenvalue weighted by Crippen LogP contribution is -2.23. The number of nitrogens with zero attached hydrogens (tertiary/aromatic N) is 1. The number of carbonyl (C=O) groups is 1. The zero-order valence-electron chi connectivity index (χ0n) is 9.27. The monoisotopic (exact) mass is 181 g/mol. The van der Waals surface area contributed by atoms with Gasteiger partial charge in [-0.15, -0.1) is 0 Å². The highest BCUT2D eigenvalue weighted by atomic mass is 16.2. The highest BCUT2D eigenvalue weighted by Crippen LogP contribution is 2.42. The van der Waals surface area contributed by atoms with Crippen LogP contribution in [-0.2, 0) is 4.79 Å². The Balaban J connectivity index is 2.94. The molecule has 1 amide bonds. The summed E-state index contributed by atoms with van der Waals surface area (Å²) in [5.74, 6) is 0.132. The molecular weight excluding hydrogens is 162 g/mol. The third kappa shape index (κ3) is 1.77. The molecule has 0 aromatic carbocycles. The van der Waals surface area contributed by atoms with Gasteiger partial charge >= 0.3 is 0 Å². The van der Waals surface area contributed by atoms with Crippen LogP contribution in [-0.4, -0.2) is 17.9 Å². The van der Waals surface area contributed by atoms with Gasteiger partial charge in [-0.1, -0.05) is 13.8 Å². The number of rotatable bonds is 1. The molecule has 1 aliphatic carbocycles. The molecule has 0 aliphatic heterocycles. The third-order valence-corrected chi connectivity index (χ3v) is 3.31. The van der Waals surface area contributed by atoms with Gasteiger partial charge in [0.1, 0.15) is 0 Å². The van der Waals surface area contributed by atoms with Crippen LogP contribution in [0.3, 0.4) is 0 Å². The van der Waals surface area contributed by atoms with Crippen LogP contribution < -0.4 is 0 Å². The predicted octanol–water partition coefficient (Wildman–Crippen LogP) is 2.56. The summed E-state index contributed by atoms with van der Waals surface area (Å²) in [6, 6.07) is 0. The van der Waals surface area contributed by atoms with E-state index in [1.165, 1.54) is 11.3 Å². The summed E-state index contributed by atoms with van der Waals surface area (Å²) < 4.78 is 0. The molecule has 0 aromatic heterocycles. The first-order valence-corrected chi connectivity index (χ1v) is 4.81. The van der Waals surface area contributed by atoms with Crippen molar-refractivity contribution in [2.75, 3.05) is 7.05 Å². The molecule has 74 valence electrons. The fourth-order valence-corrected chi connectivity index (χ4v) is 1.81. The van der Waals surface area contributed by atoms with Crippen molar-refractivity contribution >= 4 is 5.91 Å². The Bertz CT molecular complexity index is 263. The molecule has 2 heteroatoms. The third-order valence-electron chi connectivity index (χ3n) is 3.31. The van der Waals surface area contributed by atoms with Crippen molar-refractivity contribution in [2.45, 2.75) is 40.5 Å². The Hall–Kier alpha value is -0.790. The first-order valence-electron chi connectivity index (χ1n) is 4.81. The van der Waals surface area contributed by atoms with Crippen molar-refractivity contribution in [2.24, 2.45) is 5.41 Å². The van der Waals surface area contributed by atoms with E-state index in [4.69, 9.17) is 0 Å². The topological polar surface area (TPSA) is 20.3 Å². The molecule has 0 aromatic rings. The second-order valence-corrected chi connectivity index (χ2v) is 4.53. The Morgan fingerprint density at radius 3 is 2.31 bits per heavy atom. The lowest BCUT2D eigenvalue weighted by molar-refractivity contribution is -0.125.